The molecule has 1 N–H and O–H groups in total. The molecule has 3 heteroatoms. The molecule has 1 saturated carbocycles. The summed E-state index contributed by atoms with van der Waals surface area (Å²) in [5.74, 6) is 1.20. The first kappa shape index (κ1) is 10.9. The molecule has 1 aliphatic heterocycles. The molecule has 1 amide bonds. The molecule has 1 saturated heterocycles. The molecular formula is C12H21NO2. The van der Waals surface area contributed by atoms with E-state index in [2.05, 4.69) is 6.92 Å². The largest absolute Gasteiger partial charge is 0.396 e. The highest BCUT2D eigenvalue weighted by atomic mass is 16.3. The number of nitrogens with zero attached hydrogens (tertiary/aromatic N) is 1. The summed E-state index contributed by atoms with van der Waals surface area (Å²) in [6.45, 7) is 3.22. The highest BCUT2D eigenvalue weighted by molar-refractivity contribution is 5.79. The molecule has 0 aromatic heterocycles. The fourth-order valence-electron chi connectivity index (χ4n) is 2.97. The maximum atomic E-state index is 11.8. The molecule has 86 valence electrons. The SMILES string of the molecule is CC1CCCC(N2CC(CO)CC2=O)C1. The molecule has 3 unspecified atom stereocenters. The summed E-state index contributed by atoms with van der Waals surface area (Å²) in [5.41, 5.74) is 0. The van der Waals surface area contributed by atoms with Gasteiger partial charge in [-0.15, -0.1) is 0 Å². The van der Waals surface area contributed by atoms with Crippen LogP contribution in [0.3, 0.4) is 0 Å². The molecule has 0 aromatic rings. The Labute approximate surface area is 91.5 Å². The smallest absolute Gasteiger partial charge is 0.223 e. The van der Waals surface area contributed by atoms with E-state index in [1.165, 1.54) is 12.8 Å². The van der Waals surface area contributed by atoms with Gasteiger partial charge in [-0.1, -0.05) is 19.8 Å². The molecule has 1 aliphatic carbocycles. The van der Waals surface area contributed by atoms with Crippen LogP contribution >= 0.6 is 0 Å². The predicted octanol–water partition coefficient (Wildman–Crippen LogP) is 1.41. The van der Waals surface area contributed by atoms with E-state index in [0.717, 1.165) is 25.3 Å². The lowest BCUT2D eigenvalue weighted by atomic mass is 9.86. The van der Waals surface area contributed by atoms with E-state index in [1.54, 1.807) is 0 Å². The minimum atomic E-state index is 0.157. The third kappa shape index (κ3) is 2.33. The Hall–Kier alpha value is -0.570. The van der Waals surface area contributed by atoms with Crippen molar-refractivity contribution in [3.8, 4) is 0 Å². The second-order valence-electron chi connectivity index (χ2n) is 5.22. The molecule has 2 fully saturated rings. The van der Waals surface area contributed by atoms with E-state index in [1.807, 2.05) is 4.90 Å². The highest BCUT2D eigenvalue weighted by Crippen LogP contribution is 2.31. The van der Waals surface area contributed by atoms with Crippen LogP contribution in [0.1, 0.15) is 39.0 Å². The molecule has 2 rings (SSSR count). The number of hydrogen-bond acceptors (Lipinski definition) is 2. The van der Waals surface area contributed by atoms with Gasteiger partial charge in [0.1, 0.15) is 0 Å². The van der Waals surface area contributed by atoms with Crippen molar-refractivity contribution in [2.45, 2.75) is 45.1 Å². The minimum absolute atomic E-state index is 0.157. The highest BCUT2D eigenvalue weighted by Gasteiger charge is 2.35. The first-order valence-corrected chi connectivity index (χ1v) is 6.11. The zero-order valence-electron chi connectivity index (χ0n) is 9.48. The van der Waals surface area contributed by atoms with Gasteiger partial charge in [0, 0.05) is 31.5 Å². The summed E-state index contributed by atoms with van der Waals surface area (Å²) in [6, 6.07) is 0.456. The topological polar surface area (TPSA) is 40.5 Å². The normalized spacial score (nSPS) is 37.3. The van der Waals surface area contributed by atoms with Crippen molar-refractivity contribution in [1.29, 1.82) is 0 Å². The number of carbonyl (C=O) groups is 1. The first-order chi connectivity index (χ1) is 7.20. The third-order valence-electron chi connectivity index (χ3n) is 3.85. The summed E-state index contributed by atoms with van der Waals surface area (Å²) in [6.07, 6.45) is 5.43. The van der Waals surface area contributed by atoms with Gasteiger partial charge in [0.25, 0.3) is 0 Å². The first-order valence-electron chi connectivity index (χ1n) is 6.11. The van der Waals surface area contributed by atoms with Crippen LogP contribution in [-0.4, -0.2) is 35.1 Å². The maximum absolute atomic E-state index is 11.8. The van der Waals surface area contributed by atoms with Gasteiger partial charge in [-0.25, -0.2) is 0 Å². The zero-order valence-corrected chi connectivity index (χ0v) is 9.48. The van der Waals surface area contributed by atoms with Gasteiger partial charge in [0.15, 0.2) is 0 Å². The van der Waals surface area contributed by atoms with E-state index in [9.17, 15) is 4.79 Å². The molecule has 3 atom stereocenters. The minimum Gasteiger partial charge on any atom is -0.396 e. The Morgan fingerprint density at radius 2 is 2.27 bits per heavy atom. The van der Waals surface area contributed by atoms with Crippen molar-refractivity contribution in [3.63, 3.8) is 0 Å². The monoisotopic (exact) mass is 211 g/mol. The predicted molar refractivity (Wildman–Crippen MR) is 58.3 cm³/mol. The maximum Gasteiger partial charge on any atom is 0.223 e. The summed E-state index contributed by atoms with van der Waals surface area (Å²) in [4.78, 5) is 13.8. The van der Waals surface area contributed by atoms with Crippen LogP contribution < -0.4 is 0 Å². The van der Waals surface area contributed by atoms with Gasteiger partial charge >= 0.3 is 0 Å². The number of amides is 1. The molecule has 3 nitrogen and oxygen atoms in total. The Bertz CT molecular complexity index is 242. The zero-order chi connectivity index (χ0) is 10.8. The molecule has 2 aliphatic rings. The molecule has 0 spiro atoms. The van der Waals surface area contributed by atoms with E-state index < -0.39 is 0 Å². The second-order valence-corrected chi connectivity index (χ2v) is 5.22. The van der Waals surface area contributed by atoms with E-state index in [4.69, 9.17) is 5.11 Å². The average molecular weight is 211 g/mol. The quantitative estimate of drug-likeness (QED) is 0.750. The molecule has 15 heavy (non-hydrogen) atoms. The Morgan fingerprint density at radius 1 is 1.47 bits per heavy atom. The summed E-state index contributed by atoms with van der Waals surface area (Å²) in [5, 5.41) is 9.07. The van der Waals surface area contributed by atoms with Gasteiger partial charge in [-0.05, 0) is 18.8 Å². The second kappa shape index (κ2) is 4.52. The van der Waals surface area contributed by atoms with Crippen molar-refractivity contribution < 1.29 is 9.90 Å². The summed E-state index contributed by atoms with van der Waals surface area (Å²) in [7, 11) is 0. The molecule has 0 bridgehead atoms. The number of rotatable bonds is 2. The van der Waals surface area contributed by atoms with Crippen molar-refractivity contribution in [2.75, 3.05) is 13.2 Å². The molecular weight excluding hydrogens is 190 g/mol. The Balaban J connectivity index is 1.95. The van der Waals surface area contributed by atoms with Crippen LogP contribution in [0.15, 0.2) is 0 Å². The number of likely N-dealkylation sites (tertiary alicyclic amines) is 1. The van der Waals surface area contributed by atoms with Crippen molar-refractivity contribution >= 4 is 5.91 Å². The van der Waals surface area contributed by atoms with Gasteiger partial charge < -0.3 is 10.0 Å². The Morgan fingerprint density at radius 3 is 2.87 bits per heavy atom. The number of hydrogen-bond donors (Lipinski definition) is 1. The molecule has 1 heterocycles. The fraction of sp³-hybridized carbons (Fsp3) is 0.917. The van der Waals surface area contributed by atoms with Gasteiger partial charge in [0.2, 0.25) is 5.91 Å². The average Bonchev–Trinajstić information content (AvgIpc) is 2.60. The Kier molecular flexibility index (Phi) is 3.29. The van der Waals surface area contributed by atoms with E-state index in [-0.39, 0.29) is 18.4 Å². The lowest BCUT2D eigenvalue weighted by Crippen LogP contribution is -2.39. The van der Waals surface area contributed by atoms with Crippen LogP contribution in [0, 0.1) is 11.8 Å². The fourth-order valence-corrected chi connectivity index (χ4v) is 2.97. The van der Waals surface area contributed by atoms with Crippen molar-refractivity contribution in [3.05, 3.63) is 0 Å². The number of aliphatic hydroxyl groups excluding tert-OH is 1. The van der Waals surface area contributed by atoms with Gasteiger partial charge in [0.05, 0.1) is 0 Å². The summed E-state index contributed by atoms with van der Waals surface area (Å²) < 4.78 is 0. The van der Waals surface area contributed by atoms with Crippen LogP contribution in [-0.2, 0) is 4.79 Å². The summed E-state index contributed by atoms with van der Waals surface area (Å²) >= 11 is 0. The number of aliphatic hydroxyl groups is 1. The van der Waals surface area contributed by atoms with E-state index in [0.29, 0.717) is 12.5 Å². The number of carbonyl (C=O) groups excluding carboxylic acids is 1. The molecule has 0 radical (unpaired) electrons. The lowest BCUT2D eigenvalue weighted by Gasteiger charge is -2.34. The molecule has 0 aromatic carbocycles. The van der Waals surface area contributed by atoms with Crippen molar-refractivity contribution in [2.24, 2.45) is 11.8 Å². The lowest BCUT2D eigenvalue weighted by molar-refractivity contribution is -0.130. The third-order valence-corrected chi connectivity index (χ3v) is 3.85. The van der Waals surface area contributed by atoms with E-state index >= 15 is 0 Å². The van der Waals surface area contributed by atoms with Crippen LogP contribution in [0.4, 0.5) is 0 Å². The van der Waals surface area contributed by atoms with Crippen LogP contribution in [0.2, 0.25) is 0 Å². The van der Waals surface area contributed by atoms with Crippen LogP contribution in [0.5, 0.6) is 0 Å². The van der Waals surface area contributed by atoms with Crippen LogP contribution in [0.25, 0.3) is 0 Å². The standard InChI is InChI=1S/C12H21NO2/c1-9-3-2-4-11(5-9)13-7-10(8-14)6-12(13)15/h9-11,14H,2-8H2,1H3. The van der Waals surface area contributed by atoms with Crippen molar-refractivity contribution in [1.82, 2.24) is 4.90 Å². The van der Waals surface area contributed by atoms with Gasteiger partial charge in [-0.3, -0.25) is 4.79 Å². The van der Waals surface area contributed by atoms with Gasteiger partial charge in [-0.2, -0.15) is 0 Å².